The Hall–Kier alpha value is -4.99. The van der Waals surface area contributed by atoms with E-state index in [1.807, 2.05) is 24.3 Å². The number of allylic oxidation sites excluding steroid dienone is 1. The highest BCUT2D eigenvalue weighted by Gasteiger charge is 2.15. The Morgan fingerprint density at radius 2 is 1.75 bits per heavy atom. The summed E-state index contributed by atoms with van der Waals surface area (Å²) in [5, 5.41) is 5.88. The predicted molar refractivity (Wildman–Crippen MR) is 151 cm³/mol. The molecule has 0 fully saturated rings. The molecule has 206 valence electrons. The van der Waals surface area contributed by atoms with Gasteiger partial charge in [-0.2, -0.15) is 0 Å². The van der Waals surface area contributed by atoms with Crippen molar-refractivity contribution in [3.63, 3.8) is 0 Å². The number of halogens is 1. The number of rotatable bonds is 11. The van der Waals surface area contributed by atoms with Crippen LogP contribution < -0.4 is 24.8 Å². The Labute approximate surface area is 231 Å². The van der Waals surface area contributed by atoms with Crippen LogP contribution in [0.15, 0.2) is 73.1 Å². The van der Waals surface area contributed by atoms with Crippen molar-refractivity contribution in [2.24, 2.45) is 0 Å². The fourth-order valence-corrected chi connectivity index (χ4v) is 3.97. The third-order valence-corrected chi connectivity index (χ3v) is 5.95. The van der Waals surface area contributed by atoms with Gasteiger partial charge in [-0.25, -0.2) is 14.4 Å². The van der Waals surface area contributed by atoms with E-state index < -0.39 is 5.82 Å². The molecule has 3 aromatic carbocycles. The summed E-state index contributed by atoms with van der Waals surface area (Å²) in [7, 11) is 3.09. The maximum Gasteiger partial charge on any atom is 0.248 e. The molecule has 10 heteroatoms. The monoisotopic (exact) mass is 544 g/mol. The number of carbonyl (C=O) groups is 2. The van der Waals surface area contributed by atoms with Gasteiger partial charge in [0, 0.05) is 24.2 Å². The second kappa shape index (κ2) is 13.2. The molecular weight excluding hydrogens is 515 g/mol. The Morgan fingerprint density at radius 3 is 2.45 bits per heavy atom. The molecule has 1 aromatic heterocycles. The number of benzene rings is 3. The zero-order chi connectivity index (χ0) is 28.5. The number of carbonyl (C=O) groups excluding carboxylic acids is 2. The number of amides is 2. The summed E-state index contributed by atoms with van der Waals surface area (Å²) in [5.74, 6) is -0.0736. The molecule has 2 amide bonds. The molecule has 0 aliphatic heterocycles. The van der Waals surface area contributed by atoms with Gasteiger partial charge in [-0.15, -0.1) is 0 Å². The van der Waals surface area contributed by atoms with Gasteiger partial charge in [0.2, 0.25) is 17.7 Å². The van der Waals surface area contributed by atoms with Gasteiger partial charge in [-0.05, 0) is 61.7 Å². The summed E-state index contributed by atoms with van der Waals surface area (Å²) in [5.41, 5.74) is 2.27. The molecule has 0 bridgehead atoms. The van der Waals surface area contributed by atoms with Crippen molar-refractivity contribution < 1.29 is 28.2 Å². The maximum atomic E-state index is 15.0. The summed E-state index contributed by atoms with van der Waals surface area (Å²) in [6.45, 7) is 1.73. The number of hydrogen-bond donors (Lipinski definition) is 2. The van der Waals surface area contributed by atoms with Gasteiger partial charge in [-0.3, -0.25) is 9.59 Å². The average molecular weight is 545 g/mol. The van der Waals surface area contributed by atoms with Gasteiger partial charge in [0.25, 0.3) is 0 Å². The molecule has 0 aliphatic carbocycles. The summed E-state index contributed by atoms with van der Waals surface area (Å²) < 4.78 is 31.3. The minimum Gasteiger partial charge on any atom is -0.497 e. The standard InChI is InChI=1S/C30H29FN4O5/c1-4-6-28(36)35-25-16-22-24(17-27(25)39-3)32-18-33-30(22)40-26-14-11-20(15-23(26)31)34-29(37)8-5-7-19-9-12-21(38-2)13-10-19/h4,6,9-18H,5,7-8H2,1-3H3,(H,34,37)(H,35,36)/b6-4+. The number of ether oxygens (including phenoxy) is 3. The molecule has 0 saturated heterocycles. The van der Waals surface area contributed by atoms with Crippen LogP contribution in [0, 0.1) is 5.82 Å². The lowest BCUT2D eigenvalue weighted by Crippen LogP contribution is -2.11. The Balaban J connectivity index is 1.43. The van der Waals surface area contributed by atoms with E-state index in [-0.39, 0.29) is 29.9 Å². The number of anilines is 2. The largest absolute Gasteiger partial charge is 0.497 e. The first-order valence-corrected chi connectivity index (χ1v) is 12.6. The first kappa shape index (κ1) is 28.0. The summed E-state index contributed by atoms with van der Waals surface area (Å²) in [4.78, 5) is 32.9. The summed E-state index contributed by atoms with van der Waals surface area (Å²) in [6, 6.07) is 15.1. The van der Waals surface area contributed by atoms with E-state index in [1.165, 1.54) is 31.6 Å². The molecule has 40 heavy (non-hydrogen) atoms. The number of hydrogen-bond acceptors (Lipinski definition) is 7. The van der Waals surface area contributed by atoms with Crippen molar-refractivity contribution in [1.82, 2.24) is 9.97 Å². The number of fused-ring (bicyclic) bond motifs is 1. The molecule has 4 aromatic rings. The summed E-state index contributed by atoms with van der Waals surface area (Å²) >= 11 is 0. The lowest BCUT2D eigenvalue weighted by molar-refractivity contribution is -0.116. The van der Waals surface area contributed by atoms with Gasteiger partial charge in [0.15, 0.2) is 11.6 Å². The van der Waals surface area contributed by atoms with Crippen molar-refractivity contribution in [3.8, 4) is 23.1 Å². The molecule has 0 atom stereocenters. The van der Waals surface area contributed by atoms with Crippen molar-refractivity contribution in [2.45, 2.75) is 26.2 Å². The molecular formula is C30H29FN4O5. The number of aryl methyl sites for hydroxylation is 1. The van der Waals surface area contributed by atoms with Crippen molar-refractivity contribution in [1.29, 1.82) is 0 Å². The SMILES string of the molecule is C/C=C/C(=O)Nc1cc2c(Oc3ccc(NC(=O)CCCc4ccc(OC)cc4)cc3F)ncnc2cc1OC. The van der Waals surface area contributed by atoms with Crippen LogP contribution in [0.2, 0.25) is 0 Å². The van der Waals surface area contributed by atoms with Gasteiger partial charge in [0.05, 0.1) is 30.8 Å². The maximum absolute atomic E-state index is 15.0. The lowest BCUT2D eigenvalue weighted by atomic mass is 10.1. The zero-order valence-corrected chi connectivity index (χ0v) is 22.4. The van der Waals surface area contributed by atoms with E-state index in [2.05, 4.69) is 20.6 Å². The van der Waals surface area contributed by atoms with Crippen LogP contribution in [0.5, 0.6) is 23.1 Å². The topological polar surface area (TPSA) is 112 Å². The van der Waals surface area contributed by atoms with E-state index in [4.69, 9.17) is 14.2 Å². The van der Waals surface area contributed by atoms with Crippen LogP contribution in [0.25, 0.3) is 10.9 Å². The first-order valence-electron chi connectivity index (χ1n) is 12.6. The highest BCUT2D eigenvalue weighted by Crippen LogP contribution is 2.35. The fraction of sp³-hybridized carbons (Fsp3) is 0.200. The molecule has 9 nitrogen and oxygen atoms in total. The number of nitrogens with zero attached hydrogens (tertiary/aromatic N) is 2. The average Bonchev–Trinajstić information content (AvgIpc) is 2.95. The number of nitrogens with one attached hydrogen (secondary N) is 2. The highest BCUT2D eigenvalue weighted by atomic mass is 19.1. The second-order valence-electron chi connectivity index (χ2n) is 8.73. The quantitative estimate of drug-likeness (QED) is 0.221. The Bertz CT molecular complexity index is 1540. The van der Waals surface area contributed by atoms with Crippen LogP contribution in [-0.2, 0) is 16.0 Å². The van der Waals surface area contributed by atoms with Gasteiger partial charge in [0.1, 0.15) is 17.8 Å². The predicted octanol–water partition coefficient (Wildman–Crippen LogP) is 6.05. The molecule has 4 rings (SSSR count). The smallest absolute Gasteiger partial charge is 0.248 e. The molecule has 1 heterocycles. The van der Waals surface area contributed by atoms with Crippen LogP contribution in [0.3, 0.4) is 0 Å². The van der Waals surface area contributed by atoms with Crippen LogP contribution in [0.1, 0.15) is 25.3 Å². The van der Waals surface area contributed by atoms with E-state index in [1.54, 1.807) is 38.3 Å². The first-order chi connectivity index (χ1) is 19.4. The van der Waals surface area contributed by atoms with Crippen molar-refractivity contribution >= 4 is 34.1 Å². The third-order valence-electron chi connectivity index (χ3n) is 5.95. The normalized spacial score (nSPS) is 10.9. The molecule has 0 saturated carbocycles. The third kappa shape index (κ3) is 7.10. The molecule has 0 spiro atoms. The zero-order valence-electron chi connectivity index (χ0n) is 22.4. The second-order valence-corrected chi connectivity index (χ2v) is 8.73. The van der Waals surface area contributed by atoms with Crippen LogP contribution in [0.4, 0.5) is 15.8 Å². The minimum absolute atomic E-state index is 0.0865. The molecule has 0 aliphatic rings. The van der Waals surface area contributed by atoms with Gasteiger partial charge < -0.3 is 24.8 Å². The number of methoxy groups -OCH3 is 2. The van der Waals surface area contributed by atoms with E-state index in [0.29, 0.717) is 34.4 Å². The fourth-order valence-electron chi connectivity index (χ4n) is 3.97. The lowest BCUT2D eigenvalue weighted by Gasteiger charge is -2.13. The van der Waals surface area contributed by atoms with Crippen LogP contribution >= 0.6 is 0 Å². The van der Waals surface area contributed by atoms with Crippen molar-refractivity contribution in [2.75, 3.05) is 24.9 Å². The Kier molecular flexibility index (Phi) is 9.24. The van der Waals surface area contributed by atoms with E-state index in [9.17, 15) is 14.0 Å². The van der Waals surface area contributed by atoms with E-state index in [0.717, 1.165) is 17.7 Å². The van der Waals surface area contributed by atoms with Crippen LogP contribution in [-0.4, -0.2) is 36.0 Å². The highest BCUT2D eigenvalue weighted by molar-refractivity contribution is 6.02. The van der Waals surface area contributed by atoms with Gasteiger partial charge in [-0.1, -0.05) is 18.2 Å². The van der Waals surface area contributed by atoms with Crippen molar-refractivity contribution in [3.05, 3.63) is 84.5 Å². The Morgan fingerprint density at radius 1 is 0.950 bits per heavy atom. The minimum atomic E-state index is -0.682. The molecule has 0 unspecified atom stereocenters. The van der Waals surface area contributed by atoms with E-state index >= 15 is 0 Å². The van der Waals surface area contributed by atoms with Gasteiger partial charge >= 0.3 is 0 Å². The molecule has 2 N–H and O–H groups in total. The summed E-state index contributed by atoms with van der Waals surface area (Å²) in [6.07, 6.45) is 5.93. The molecule has 0 radical (unpaired) electrons. The number of aromatic nitrogens is 2.